The molecule has 33 heavy (non-hydrogen) atoms. The maximum Gasteiger partial charge on any atom is 0.293 e. The molecule has 0 spiro atoms. The number of aromatic nitrogens is 1. The third-order valence-corrected chi connectivity index (χ3v) is 7.13. The van der Waals surface area contributed by atoms with E-state index in [4.69, 9.17) is 9.73 Å². The van der Waals surface area contributed by atoms with E-state index < -0.39 is 6.10 Å². The summed E-state index contributed by atoms with van der Waals surface area (Å²) in [4.78, 5) is 29.1. The number of fused-ring (bicyclic) bond motifs is 5. The molecule has 0 saturated heterocycles. The van der Waals surface area contributed by atoms with Gasteiger partial charge in [0.15, 0.2) is 0 Å². The highest BCUT2D eigenvalue weighted by molar-refractivity contribution is 6.00. The number of halogens is 1. The summed E-state index contributed by atoms with van der Waals surface area (Å²) in [7, 11) is 0. The topological polar surface area (TPSA) is 80.9 Å². The molecule has 1 atom stereocenters. The molecule has 0 radical (unpaired) electrons. The zero-order chi connectivity index (χ0) is 23.3. The molecule has 2 aliphatic heterocycles. The van der Waals surface area contributed by atoms with Gasteiger partial charge in [0.1, 0.15) is 12.4 Å². The van der Waals surface area contributed by atoms with Crippen LogP contribution in [0.5, 0.6) is 0 Å². The van der Waals surface area contributed by atoms with Crippen LogP contribution in [0.3, 0.4) is 0 Å². The van der Waals surface area contributed by atoms with Gasteiger partial charge in [0.2, 0.25) is 0 Å². The highest BCUT2D eigenvalue weighted by Gasteiger charge is 2.33. The summed E-state index contributed by atoms with van der Waals surface area (Å²) in [6.07, 6.45) is 5.20. The van der Waals surface area contributed by atoms with Gasteiger partial charge in [-0.15, -0.1) is 0 Å². The van der Waals surface area contributed by atoms with Crippen LogP contribution in [0.15, 0.2) is 55.6 Å². The molecule has 3 heterocycles. The number of ether oxygens (including phenoxy) is 1. The number of aliphatic hydroxyl groups is 1. The number of allylic oxidation sites excluding steroid dienone is 7. The second kappa shape index (κ2) is 8.37. The van der Waals surface area contributed by atoms with Crippen LogP contribution in [0.4, 0.5) is 4.39 Å². The molecule has 5 rings (SSSR count). The second-order valence-electron chi connectivity index (χ2n) is 9.21. The molecule has 6 nitrogen and oxygen atoms in total. The Morgan fingerprint density at radius 3 is 2.73 bits per heavy atom. The lowest BCUT2D eigenvalue weighted by Crippen LogP contribution is -2.27. The van der Waals surface area contributed by atoms with Crippen molar-refractivity contribution in [1.29, 1.82) is 0 Å². The summed E-state index contributed by atoms with van der Waals surface area (Å²) in [6.45, 7) is 4.06. The van der Waals surface area contributed by atoms with Crippen molar-refractivity contribution in [3.63, 3.8) is 0 Å². The maximum absolute atomic E-state index is 14.8. The first-order valence-electron chi connectivity index (χ1n) is 11.5. The van der Waals surface area contributed by atoms with Crippen molar-refractivity contribution >= 4 is 17.9 Å². The molecule has 4 aliphatic rings. The summed E-state index contributed by atoms with van der Waals surface area (Å²) in [5.41, 5.74) is 8.18. The van der Waals surface area contributed by atoms with E-state index in [9.17, 15) is 19.1 Å². The molecule has 0 aromatic carbocycles. The van der Waals surface area contributed by atoms with Crippen molar-refractivity contribution in [1.82, 2.24) is 4.57 Å². The van der Waals surface area contributed by atoms with Crippen LogP contribution in [-0.4, -0.2) is 21.9 Å². The van der Waals surface area contributed by atoms with Crippen LogP contribution in [0.25, 0.3) is 5.70 Å². The van der Waals surface area contributed by atoms with Gasteiger partial charge in [-0.3, -0.25) is 14.6 Å². The number of carbonyl (C=O) groups excluding carboxylic acids is 1. The molecule has 0 fully saturated rings. The predicted octanol–water partition coefficient (Wildman–Crippen LogP) is 4.59. The fourth-order valence-electron chi connectivity index (χ4n) is 5.63. The molecular weight excluding hydrogens is 423 g/mol. The Kier molecular flexibility index (Phi) is 5.52. The van der Waals surface area contributed by atoms with Gasteiger partial charge in [-0.2, -0.15) is 0 Å². The monoisotopic (exact) mass is 450 g/mol. The molecule has 1 unspecified atom stereocenters. The minimum atomic E-state index is -0.920. The third kappa shape index (κ3) is 3.64. The minimum absolute atomic E-state index is 0.197. The highest BCUT2D eigenvalue weighted by atomic mass is 19.1. The number of aliphatic hydroxyl groups excluding tert-OH is 1. The van der Waals surface area contributed by atoms with Gasteiger partial charge in [-0.1, -0.05) is 5.57 Å². The number of aliphatic imine (C=N–C) groups is 1. The van der Waals surface area contributed by atoms with Gasteiger partial charge >= 0.3 is 0 Å². The van der Waals surface area contributed by atoms with Gasteiger partial charge in [-0.25, -0.2) is 4.39 Å². The van der Waals surface area contributed by atoms with Gasteiger partial charge in [0, 0.05) is 17.7 Å². The van der Waals surface area contributed by atoms with E-state index in [2.05, 4.69) is 0 Å². The largest absolute Gasteiger partial charge is 0.463 e. The van der Waals surface area contributed by atoms with Crippen molar-refractivity contribution in [2.45, 2.75) is 71.6 Å². The number of hydrogen-bond donors (Lipinski definition) is 1. The zero-order valence-corrected chi connectivity index (χ0v) is 18.9. The van der Waals surface area contributed by atoms with E-state index in [1.54, 1.807) is 23.6 Å². The maximum atomic E-state index is 14.8. The van der Waals surface area contributed by atoms with E-state index >= 15 is 0 Å². The molecule has 7 heteroatoms. The quantitative estimate of drug-likeness (QED) is 0.681. The lowest BCUT2D eigenvalue weighted by molar-refractivity contribution is -0.129. The van der Waals surface area contributed by atoms with Gasteiger partial charge in [0.25, 0.3) is 12.0 Å². The van der Waals surface area contributed by atoms with Crippen LogP contribution < -0.4 is 5.56 Å². The molecule has 1 aromatic heterocycles. The molecule has 2 bridgehead atoms. The second-order valence-corrected chi connectivity index (χ2v) is 9.21. The summed E-state index contributed by atoms with van der Waals surface area (Å²) >= 11 is 0. The van der Waals surface area contributed by atoms with Crippen molar-refractivity contribution in [2.24, 2.45) is 4.99 Å². The van der Waals surface area contributed by atoms with E-state index in [1.165, 1.54) is 16.7 Å². The number of carbonyl (C=O) groups is 1. The molecule has 0 amide bonds. The van der Waals surface area contributed by atoms with Gasteiger partial charge in [-0.05, 0) is 80.4 Å². The molecule has 172 valence electrons. The third-order valence-electron chi connectivity index (χ3n) is 7.13. The van der Waals surface area contributed by atoms with Crippen LogP contribution >= 0.6 is 0 Å². The van der Waals surface area contributed by atoms with Crippen LogP contribution in [0.1, 0.15) is 75.3 Å². The van der Waals surface area contributed by atoms with Gasteiger partial charge in [0.05, 0.1) is 29.6 Å². The normalized spacial score (nSPS) is 24.5. The lowest BCUT2D eigenvalue weighted by Gasteiger charge is -2.27. The Labute approximate surface area is 191 Å². The number of pyridine rings is 1. The van der Waals surface area contributed by atoms with Crippen LogP contribution in [0.2, 0.25) is 0 Å². The summed E-state index contributed by atoms with van der Waals surface area (Å²) in [6, 6.07) is 1.77. The fraction of sp³-hybridized carbons (Fsp3) is 0.423. The van der Waals surface area contributed by atoms with Crippen molar-refractivity contribution < 1.29 is 19.0 Å². The summed E-state index contributed by atoms with van der Waals surface area (Å²) in [5, 5.41) is 10.4. The smallest absolute Gasteiger partial charge is 0.293 e. The highest BCUT2D eigenvalue weighted by Crippen LogP contribution is 2.45. The van der Waals surface area contributed by atoms with E-state index in [0.29, 0.717) is 48.5 Å². The molecule has 1 aromatic rings. The van der Waals surface area contributed by atoms with Crippen LogP contribution in [-0.2, 0) is 22.7 Å². The number of hydrogen-bond acceptors (Lipinski definition) is 5. The standard InChI is InChI=1S/C26H27FN2O4/c1-14-8-16(27)9-17-6-7-20-18(14)4-3-5-19(20)22-11-29-24(25(22)28-17)10-21(15(2)31)23(26(29)32)12-33-13-30/h9-10,13,15,31H,3-8,11-12H2,1-2H3/b16-9+,18-14-,28-17?. The predicted molar refractivity (Wildman–Crippen MR) is 123 cm³/mol. The first-order valence-corrected chi connectivity index (χ1v) is 11.5. The Bertz CT molecular complexity index is 1270. The molecular formula is C26H27FN2O4. The summed E-state index contributed by atoms with van der Waals surface area (Å²) in [5.74, 6) is -0.197. The van der Waals surface area contributed by atoms with Crippen molar-refractivity contribution in [3.8, 4) is 0 Å². The van der Waals surface area contributed by atoms with Crippen LogP contribution in [0, 0.1) is 0 Å². The fourth-order valence-corrected chi connectivity index (χ4v) is 5.63. The molecule has 2 aliphatic carbocycles. The zero-order valence-electron chi connectivity index (χ0n) is 18.9. The van der Waals surface area contributed by atoms with E-state index in [1.807, 2.05) is 6.92 Å². The van der Waals surface area contributed by atoms with E-state index in [-0.39, 0.29) is 23.6 Å². The Hall–Kier alpha value is -3.06. The Morgan fingerprint density at radius 2 is 1.97 bits per heavy atom. The molecule has 0 saturated carbocycles. The lowest BCUT2D eigenvalue weighted by atomic mass is 9.79. The first-order chi connectivity index (χ1) is 15.9. The minimum Gasteiger partial charge on any atom is -0.463 e. The molecule has 1 N–H and O–H groups in total. The Morgan fingerprint density at radius 1 is 1.21 bits per heavy atom. The van der Waals surface area contributed by atoms with Gasteiger partial charge < -0.3 is 14.4 Å². The summed E-state index contributed by atoms with van der Waals surface area (Å²) < 4.78 is 21.4. The van der Waals surface area contributed by atoms with E-state index in [0.717, 1.165) is 36.8 Å². The average molecular weight is 451 g/mol. The average Bonchev–Trinajstić information content (AvgIpc) is 3.14. The van der Waals surface area contributed by atoms with Crippen molar-refractivity contribution in [3.05, 3.63) is 73.0 Å². The number of nitrogens with zero attached hydrogens (tertiary/aromatic N) is 2. The Balaban J connectivity index is 1.78. The SMILES string of the molecule is C/C1=C2\CCCC3=C2CCC(=NC2=C3Cn3c2cc(C(C)O)c(COC=O)c3=O)/C=C(/F)C1. The van der Waals surface area contributed by atoms with Crippen molar-refractivity contribution in [2.75, 3.05) is 0 Å². The first kappa shape index (κ1) is 21.8. The number of rotatable bonds is 4.